The zero-order valence-electron chi connectivity index (χ0n) is 50.6. The lowest BCUT2D eigenvalue weighted by atomic mass is 9.85. The zero-order chi connectivity index (χ0) is 63.0. The fourth-order valence-electron chi connectivity index (χ4n) is 11.0. The highest BCUT2D eigenvalue weighted by Crippen LogP contribution is 2.45. The van der Waals surface area contributed by atoms with Crippen LogP contribution in [-0.2, 0) is 59.6 Å². The fraction of sp³-hybridized carbons (Fsp3) is 0.484. The maximum atomic E-state index is 15.6. The lowest BCUT2D eigenvalue weighted by Crippen LogP contribution is -2.57. The Balaban J connectivity index is 0.821. The van der Waals surface area contributed by atoms with Gasteiger partial charge in [0.1, 0.15) is 36.1 Å². The number of aromatic amines is 1. The first-order valence-electron chi connectivity index (χ1n) is 29.1. The molecular formula is C62H77F2N9O10S4. The Labute approximate surface area is 518 Å². The fourth-order valence-corrected chi connectivity index (χ4v) is 14.7. The summed E-state index contributed by atoms with van der Waals surface area (Å²) in [5.74, 6) is -4.25. The van der Waals surface area contributed by atoms with Crippen LogP contribution in [0.4, 0.5) is 25.1 Å². The number of benzene rings is 2. The van der Waals surface area contributed by atoms with Gasteiger partial charge in [-0.3, -0.25) is 24.0 Å². The van der Waals surface area contributed by atoms with Gasteiger partial charge < -0.3 is 44.8 Å². The number of amides is 4. The van der Waals surface area contributed by atoms with E-state index in [0.717, 1.165) is 72.7 Å². The average molecular weight is 1270 g/mol. The van der Waals surface area contributed by atoms with Crippen molar-refractivity contribution in [1.29, 1.82) is 0 Å². The topological polar surface area (TPSA) is 244 Å². The van der Waals surface area contributed by atoms with Crippen LogP contribution in [0.25, 0.3) is 32.5 Å². The highest BCUT2D eigenvalue weighted by Gasteiger charge is 2.46. The number of likely N-dealkylation sites (tertiary alicyclic amines) is 1. The molecule has 0 saturated carbocycles. The molecule has 87 heavy (non-hydrogen) atoms. The van der Waals surface area contributed by atoms with E-state index >= 15 is 4.39 Å². The van der Waals surface area contributed by atoms with Crippen LogP contribution < -0.4 is 26.4 Å². The number of thiazole rings is 1. The van der Waals surface area contributed by atoms with E-state index in [2.05, 4.69) is 30.9 Å². The van der Waals surface area contributed by atoms with Crippen molar-refractivity contribution < 1.29 is 50.6 Å². The molecule has 4 aromatic heterocycles. The normalized spacial score (nSPS) is 15.4. The van der Waals surface area contributed by atoms with Crippen molar-refractivity contribution in [3.05, 3.63) is 117 Å². The molecule has 1 saturated heterocycles. The maximum absolute atomic E-state index is 15.6. The van der Waals surface area contributed by atoms with Crippen LogP contribution in [-0.4, -0.2) is 118 Å². The van der Waals surface area contributed by atoms with Crippen LogP contribution in [0.2, 0.25) is 0 Å². The molecule has 1 fully saturated rings. The Morgan fingerprint density at radius 3 is 2.29 bits per heavy atom. The number of carbonyl (C=O) groups is 5. The molecule has 2 aromatic carbocycles. The van der Waals surface area contributed by atoms with Gasteiger partial charge in [0.2, 0.25) is 17.7 Å². The quantitative estimate of drug-likeness (QED) is 0.0224. The molecule has 2 aliphatic heterocycles. The minimum absolute atomic E-state index is 0.0143. The minimum atomic E-state index is -3.69. The molecule has 0 aliphatic carbocycles. The molecule has 468 valence electrons. The summed E-state index contributed by atoms with van der Waals surface area (Å²) in [6.45, 7) is 11.9. The first-order valence-corrected chi connectivity index (χ1v) is 34.5. The van der Waals surface area contributed by atoms with Crippen LogP contribution in [0.5, 0.6) is 0 Å². The van der Waals surface area contributed by atoms with Crippen molar-refractivity contribution in [2.45, 2.75) is 148 Å². The second-order valence-corrected chi connectivity index (χ2v) is 30.2. The smallest absolute Gasteiger partial charge is 0.433 e. The molecule has 25 heteroatoms. The second-order valence-electron chi connectivity index (χ2n) is 24.1. The van der Waals surface area contributed by atoms with E-state index in [0.29, 0.717) is 58.7 Å². The number of nitrogens with one attached hydrogen (secondary N) is 4. The molecule has 3 atom stereocenters. The van der Waals surface area contributed by atoms with Crippen molar-refractivity contribution in [3.63, 3.8) is 0 Å². The number of rotatable bonds is 26. The van der Waals surface area contributed by atoms with Crippen molar-refractivity contribution in [2.24, 2.45) is 12.5 Å². The van der Waals surface area contributed by atoms with Crippen molar-refractivity contribution >= 4 is 95.0 Å². The predicted octanol–water partition coefficient (Wildman–Crippen LogP) is 10.8. The number of hydrogen-bond acceptors (Lipinski definition) is 16. The maximum Gasteiger partial charge on any atom is 0.508 e. The molecular weight excluding hydrogens is 1200 g/mol. The molecule has 8 rings (SSSR count). The Morgan fingerprint density at radius 1 is 0.931 bits per heavy atom. The molecule has 6 heterocycles. The number of carbonyl (C=O) groups excluding carboxylic acids is 5. The summed E-state index contributed by atoms with van der Waals surface area (Å²) in [6, 6.07) is 9.63. The third kappa shape index (κ3) is 16.9. The molecule has 2 aliphatic rings. The molecule has 4 amide bonds. The van der Waals surface area contributed by atoms with E-state index in [1.54, 1.807) is 63.9 Å². The number of anilines is 2. The van der Waals surface area contributed by atoms with Gasteiger partial charge in [0.25, 0.3) is 11.5 Å². The summed E-state index contributed by atoms with van der Waals surface area (Å²) in [5.41, 5.74) is 5.99. The van der Waals surface area contributed by atoms with Gasteiger partial charge in [0, 0.05) is 79.8 Å². The van der Waals surface area contributed by atoms with Gasteiger partial charge in [-0.1, -0.05) is 105 Å². The number of ether oxygens (including phenoxy) is 2. The largest absolute Gasteiger partial charge is 0.508 e. The van der Waals surface area contributed by atoms with Crippen LogP contribution in [0.3, 0.4) is 0 Å². The number of halogens is 2. The molecule has 19 nitrogen and oxygen atoms in total. The number of fused-ring (bicyclic) bond motifs is 2. The number of H-pyrrole nitrogens is 1. The summed E-state index contributed by atoms with van der Waals surface area (Å²) in [4.78, 5) is 97.9. The second kappa shape index (κ2) is 28.6. The highest BCUT2D eigenvalue weighted by molar-refractivity contribution is 8.77. The monoisotopic (exact) mass is 1270 g/mol. The Kier molecular flexibility index (Phi) is 21.7. The van der Waals surface area contributed by atoms with E-state index in [-0.39, 0.29) is 72.2 Å². The third-order valence-corrected chi connectivity index (χ3v) is 19.7. The Bertz CT molecular complexity index is 3680. The molecule has 6 aromatic rings. The first-order chi connectivity index (χ1) is 41.2. The van der Waals surface area contributed by atoms with E-state index < -0.39 is 74.7 Å². The van der Waals surface area contributed by atoms with Crippen molar-refractivity contribution in [3.8, 4) is 21.6 Å². The Hall–Kier alpha value is -6.83. The molecule has 0 unspecified atom stereocenters. The third-order valence-electron chi connectivity index (χ3n) is 15.3. The summed E-state index contributed by atoms with van der Waals surface area (Å²) >= 11 is 1.55. The van der Waals surface area contributed by atoms with Gasteiger partial charge in [-0.2, -0.15) is 0 Å². The van der Waals surface area contributed by atoms with Gasteiger partial charge in [-0.05, 0) is 79.7 Å². The summed E-state index contributed by atoms with van der Waals surface area (Å²) in [5, 5.41) is 9.45. The number of nitrogens with zero attached hydrogens (tertiary/aromatic N) is 5. The van der Waals surface area contributed by atoms with Crippen LogP contribution in [0.15, 0.2) is 71.4 Å². The first kappa shape index (κ1) is 66.1. The molecule has 0 bridgehead atoms. The lowest BCUT2D eigenvalue weighted by Gasteiger charge is -2.35. The number of unbranched alkanes of at least 4 members (excludes halogenated alkanes) is 7. The van der Waals surface area contributed by atoms with Crippen LogP contribution >= 0.6 is 32.9 Å². The van der Waals surface area contributed by atoms with Gasteiger partial charge in [-0.15, -0.1) is 11.3 Å². The number of aromatic nitrogens is 4. The number of hydrogen-bond donors (Lipinski definition) is 4. The van der Waals surface area contributed by atoms with E-state index in [9.17, 15) is 41.6 Å². The van der Waals surface area contributed by atoms with Gasteiger partial charge in [0.15, 0.2) is 21.5 Å². The number of pyridine rings is 2. The van der Waals surface area contributed by atoms with Crippen LogP contribution in [0.1, 0.15) is 132 Å². The SMILES string of the molecule is CSSC(C)(C)COC(=O)O[C@@H]1C[C@@H](C(=O)NCc2ccc(-c3scnc3C)cc2)N(C(=O)[C@@H](NC(=O)CCCCCCCCCCNC(=O)c2cc3c(cc2CS(C)(=O)=O)-c2cn(C)c(=O)c4[nH]cc(c24)CN3c2ncc(F)cc2F)C(C)(C)C)C1. The Morgan fingerprint density at radius 2 is 1.63 bits per heavy atom. The predicted molar refractivity (Wildman–Crippen MR) is 338 cm³/mol. The molecule has 0 spiro atoms. The molecule has 4 N–H and O–H groups in total. The summed E-state index contributed by atoms with van der Waals surface area (Å²) < 4.78 is 67.7. The number of sulfone groups is 1. The van der Waals surface area contributed by atoms with E-state index in [4.69, 9.17) is 9.47 Å². The van der Waals surface area contributed by atoms with Gasteiger partial charge >= 0.3 is 6.16 Å². The highest BCUT2D eigenvalue weighted by atomic mass is 33.1. The zero-order valence-corrected chi connectivity index (χ0v) is 53.9. The van der Waals surface area contributed by atoms with E-state index in [1.807, 2.05) is 72.1 Å². The lowest BCUT2D eigenvalue weighted by molar-refractivity contribution is -0.144. The van der Waals surface area contributed by atoms with Crippen molar-refractivity contribution in [2.75, 3.05) is 37.1 Å². The molecule has 0 radical (unpaired) electrons. The summed E-state index contributed by atoms with van der Waals surface area (Å²) in [7, 11) is 1.01. The average Bonchev–Trinajstić information content (AvgIpc) is 1.71. The summed E-state index contributed by atoms with van der Waals surface area (Å²) in [6.07, 6.45) is 12.0. The number of aryl methyl sites for hydroxylation is 2. The van der Waals surface area contributed by atoms with Crippen LogP contribution in [0, 0.1) is 24.0 Å². The van der Waals surface area contributed by atoms with E-state index in [1.165, 1.54) is 20.4 Å². The standard InChI is InChI=1S/C62H77F2N9O10S4/c1-37-53(85-36-69-37)39-21-19-38(20-22-39)28-68-57(76)49-26-43(83-60(79)82-35-62(5,6)86-84-8)32-73(49)59(78)54(61(2,3)4)70-50(74)18-16-14-12-10-11-13-15-17-23-65-56(75)44-27-48-45(24-40(44)34-87(9,80)81)46-33-71(7)58(77)52-51(46)41(29-66-52)31-72(48)55-47(64)25-42(63)30-67-55/h19-22,24-25,27,29-30,33,36,43,49,54,66H,10-18,23,26,28,31-32,34-35H2,1-9H3,(H,65,75)(H,68,76)(H,70,74)/t43-,49+,54-/m1/s1. The van der Waals surface area contributed by atoms with Crippen molar-refractivity contribution in [1.82, 2.24) is 40.4 Å². The minimum Gasteiger partial charge on any atom is -0.433 e. The van der Waals surface area contributed by atoms with Gasteiger partial charge in [0.05, 0.1) is 51.6 Å². The van der Waals surface area contributed by atoms with Gasteiger partial charge in [-0.25, -0.2) is 32.0 Å².